The van der Waals surface area contributed by atoms with Gasteiger partial charge >= 0.3 is 0 Å². The summed E-state index contributed by atoms with van der Waals surface area (Å²) >= 11 is 7.15. The quantitative estimate of drug-likeness (QED) is 0.523. The zero-order valence-electron chi connectivity index (χ0n) is 8.46. The molecule has 0 saturated heterocycles. The molecule has 0 N–H and O–H groups in total. The van der Waals surface area contributed by atoms with Crippen molar-refractivity contribution < 1.29 is 4.79 Å². The summed E-state index contributed by atoms with van der Waals surface area (Å²) in [5, 5.41) is 0. The molecule has 2 rings (SSSR count). The second-order valence-corrected chi connectivity index (χ2v) is 6.60. The van der Waals surface area contributed by atoms with E-state index >= 15 is 0 Å². The van der Waals surface area contributed by atoms with E-state index in [1.807, 2.05) is 37.3 Å². The number of aryl methyl sites for hydroxylation is 1. The van der Waals surface area contributed by atoms with Crippen molar-refractivity contribution in [2.24, 2.45) is 0 Å². The molecular formula is C12H8BrIOS. The number of halogens is 2. The summed E-state index contributed by atoms with van der Waals surface area (Å²) in [7, 11) is 0. The Labute approximate surface area is 120 Å². The number of ketones is 1. The zero-order valence-corrected chi connectivity index (χ0v) is 13.0. The molecule has 0 spiro atoms. The largest absolute Gasteiger partial charge is 0.288 e. The van der Waals surface area contributed by atoms with Gasteiger partial charge < -0.3 is 0 Å². The van der Waals surface area contributed by atoms with Crippen LogP contribution in [0, 0.1) is 10.5 Å². The van der Waals surface area contributed by atoms with Gasteiger partial charge in [0.2, 0.25) is 5.78 Å². The Morgan fingerprint density at radius 2 is 2.06 bits per heavy atom. The van der Waals surface area contributed by atoms with Crippen LogP contribution in [0.4, 0.5) is 0 Å². The molecule has 1 heterocycles. The van der Waals surface area contributed by atoms with Gasteiger partial charge in [-0.1, -0.05) is 12.1 Å². The van der Waals surface area contributed by atoms with Crippen LogP contribution >= 0.6 is 49.9 Å². The Kier molecular flexibility index (Phi) is 3.81. The molecule has 0 aliphatic rings. The smallest absolute Gasteiger partial charge is 0.204 e. The lowest BCUT2D eigenvalue weighted by atomic mass is 10.1. The molecule has 82 valence electrons. The van der Waals surface area contributed by atoms with Crippen molar-refractivity contribution in [3.8, 4) is 0 Å². The molecule has 1 nitrogen and oxygen atoms in total. The third-order valence-electron chi connectivity index (χ3n) is 2.20. The Balaban J connectivity index is 2.43. The third kappa shape index (κ3) is 2.38. The summed E-state index contributed by atoms with van der Waals surface area (Å²) in [5.74, 6) is 0.101. The molecule has 1 aromatic carbocycles. The summed E-state index contributed by atoms with van der Waals surface area (Å²) in [6.07, 6.45) is 0. The fourth-order valence-corrected chi connectivity index (χ4v) is 3.47. The fourth-order valence-electron chi connectivity index (χ4n) is 1.35. The van der Waals surface area contributed by atoms with Crippen LogP contribution in [0.2, 0.25) is 0 Å². The van der Waals surface area contributed by atoms with Crippen LogP contribution in [0.5, 0.6) is 0 Å². The highest BCUT2D eigenvalue weighted by Gasteiger charge is 2.15. The summed E-state index contributed by atoms with van der Waals surface area (Å²) < 4.78 is 2.00. The highest BCUT2D eigenvalue weighted by atomic mass is 127. The molecule has 0 aliphatic carbocycles. The molecule has 0 fully saturated rings. The molecule has 0 aliphatic heterocycles. The molecule has 1 aromatic heterocycles. The summed E-state index contributed by atoms with van der Waals surface area (Å²) in [6, 6.07) is 9.54. The van der Waals surface area contributed by atoms with Crippen LogP contribution in [-0.2, 0) is 0 Å². The minimum absolute atomic E-state index is 0.101. The number of carbonyl (C=O) groups excluding carboxylic acids is 1. The Morgan fingerprint density at radius 1 is 1.38 bits per heavy atom. The highest BCUT2D eigenvalue weighted by Crippen LogP contribution is 2.28. The molecule has 0 saturated carbocycles. The standard InChI is InChI=1S/C12H8BrIOS/c1-7-9(13)6-11(16-7)12(15)8-4-2-3-5-10(8)14/h2-6H,1H3. The van der Waals surface area contributed by atoms with E-state index in [0.717, 1.165) is 23.4 Å². The highest BCUT2D eigenvalue weighted by molar-refractivity contribution is 14.1. The van der Waals surface area contributed by atoms with Crippen molar-refractivity contribution in [3.05, 3.63) is 53.7 Å². The van der Waals surface area contributed by atoms with E-state index in [1.165, 1.54) is 11.3 Å². The number of rotatable bonds is 2. The lowest BCUT2D eigenvalue weighted by molar-refractivity contribution is 0.104. The van der Waals surface area contributed by atoms with Gasteiger partial charge in [0.15, 0.2) is 0 Å². The lowest BCUT2D eigenvalue weighted by Crippen LogP contribution is -2.00. The third-order valence-corrected chi connectivity index (χ3v) is 5.28. The lowest BCUT2D eigenvalue weighted by Gasteiger charge is -2.00. The maximum Gasteiger partial charge on any atom is 0.204 e. The average molecular weight is 407 g/mol. The van der Waals surface area contributed by atoms with Crippen molar-refractivity contribution >= 4 is 55.6 Å². The predicted molar refractivity (Wildman–Crippen MR) is 79.3 cm³/mol. The van der Waals surface area contributed by atoms with Crippen molar-refractivity contribution in [2.75, 3.05) is 0 Å². The van der Waals surface area contributed by atoms with Gasteiger partial charge in [-0.3, -0.25) is 4.79 Å². The number of hydrogen-bond acceptors (Lipinski definition) is 2. The van der Waals surface area contributed by atoms with Gasteiger partial charge in [0, 0.05) is 18.5 Å². The van der Waals surface area contributed by atoms with Crippen molar-refractivity contribution in [1.82, 2.24) is 0 Å². The van der Waals surface area contributed by atoms with Crippen molar-refractivity contribution in [3.63, 3.8) is 0 Å². The average Bonchev–Trinajstić information content (AvgIpc) is 2.59. The van der Waals surface area contributed by atoms with Gasteiger partial charge in [-0.2, -0.15) is 0 Å². The van der Waals surface area contributed by atoms with Gasteiger partial charge in [-0.25, -0.2) is 0 Å². The van der Waals surface area contributed by atoms with E-state index in [4.69, 9.17) is 0 Å². The van der Waals surface area contributed by atoms with Crippen molar-refractivity contribution in [2.45, 2.75) is 6.92 Å². The molecule has 0 unspecified atom stereocenters. The monoisotopic (exact) mass is 406 g/mol. The van der Waals surface area contributed by atoms with Crippen LogP contribution < -0.4 is 0 Å². The Hall–Kier alpha value is -0.200. The minimum atomic E-state index is 0.101. The fraction of sp³-hybridized carbons (Fsp3) is 0.0833. The van der Waals surface area contributed by atoms with Crippen molar-refractivity contribution in [1.29, 1.82) is 0 Å². The van der Waals surface area contributed by atoms with E-state index in [-0.39, 0.29) is 5.78 Å². The number of carbonyl (C=O) groups is 1. The first-order valence-corrected chi connectivity index (χ1v) is 7.33. The number of benzene rings is 1. The van der Waals surface area contributed by atoms with Crippen LogP contribution in [0.1, 0.15) is 20.1 Å². The van der Waals surface area contributed by atoms with Crippen LogP contribution in [0.15, 0.2) is 34.8 Å². The van der Waals surface area contributed by atoms with E-state index < -0.39 is 0 Å². The first-order valence-electron chi connectivity index (χ1n) is 4.65. The first kappa shape index (κ1) is 12.3. The maximum atomic E-state index is 12.2. The van der Waals surface area contributed by atoms with Crippen LogP contribution in [-0.4, -0.2) is 5.78 Å². The molecule has 2 aromatic rings. The van der Waals surface area contributed by atoms with Gasteiger partial charge in [0.1, 0.15) is 0 Å². The van der Waals surface area contributed by atoms with E-state index in [2.05, 4.69) is 38.5 Å². The minimum Gasteiger partial charge on any atom is -0.288 e. The molecule has 16 heavy (non-hydrogen) atoms. The SMILES string of the molecule is Cc1sc(C(=O)c2ccccc2I)cc1Br. The Bertz CT molecular complexity index is 528. The summed E-state index contributed by atoms with van der Waals surface area (Å²) in [4.78, 5) is 14.1. The first-order chi connectivity index (χ1) is 7.59. The number of thiophene rings is 1. The normalized spacial score (nSPS) is 10.4. The van der Waals surface area contributed by atoms with Crippen LogP contribution in [0.25, 0.3) is 0 Å². The molecule has 0 amide bonds. The van der Waals surface area contributed by atoms with E-state index in [0.29, 0.717) is 0 Å². The summed E-state index contributed by atoms with van der Waals surface area (Å²) in [5.41, 5.74) is 0.775. The second kappa shape index (κ2) is 4.98. The predicted octanol–water partition coefficient (Wildman–Crippen LogP) is 4.65. The molecule has 0 radical (unpaired) electrons. The molecule has 0 bridgehead atoms. The van der Waals surface area contributed by atoms with E-state index in [9.17, 15) is 4.79 Å². The van der Waals surface area contributed by atoms with Gasteiger partial charge in [0.05, 0.1) is 4.88 Å². The maximum absolute atomic E-state index is 12.2. The number of hydrogen-bond donors (Lipinski definition) is 0. The molecule has 4 heteroatoms. The van der Waals surface area contributed by atoms with E-state index in [1.54, 1.807) is 0 Å². The van der Waals surface area contributed by atoms with Gasteiger partial charge in [0.25, 0.3) is 0 Å². The Morgan fingerprint density at radius 3 is 2.62 bits per heavy atom. The second-order valence-electron chi connectivity index (χ2n) is 3.32. The van der Waals surface area contributed by atoms with Gasteiger partial charge in [-0.15, -0.1) is 11.3 Å². The topological polar surface area (TPSA) is 17.1 Å². The molecule has 0 atom stereocenters. The van der Waals surface area contributed by atoms with Crippen LogP contribution in [0.3, 0.4) is 0 Å². The van der Waals surface area contributed by atoms with Gasteiger partial charge in [-0.05, 0) is 63.6 Å². The zero-order chi connectivity index (χ0) is 11.7. The summed E-state index contributed by atoms with van der Waals surface area (Å²) in [6.45, 7) is 2.00. The molecular weight excluding hydrogens is 399 g/mol.